The molecule has 2 aromatic carbocycles. The number of rotatable bonds is 5. The molecule has 0 aliphatic carbocycles. The normalized spacial score (nSPS) is 14.6. The lowest BCUT2D eigenvalue weighted by Crippen LogP contribution is -2.29. The number of aliphatic hydroxyl groups is 1. The van der Waals surface area contributed by atoms with Crippen LogP contribution in [0.15, 0.2) is 59.5 Å². The molecule has 0 spiro atoms. The highest BCUT2D eigenvalue weighted by molar-refractivity contribution is 7.86. The Bertz CT molecular complexity index is 689. The van der Waals surface area contributed by atoms with Gasteiger partial charge in [-0.15, -0.1) is 0 Å². The van der Waals surface area contributed by atoms with Gasteiger partial charge in [0.15, 0.2) is 0 Å². The minimum Gasteiger partial charge on any atom is -0.383 e. The van der Waals surface area contributed by atoms with E-state index in [9.17, 15) is 13.5 Å². The molecule has 0 heterocycles. The molecule has 4 nitrogen and oxygen atoms in total. The fourth-order valence-corrected chi connectivity index (χ4v) is 2.84. The van der Waals surface area contributed by atoms with E-state index in [1.54, 1.807) is 36.4 Å². The molecule has 0 fully saturated rings. The summed E-state index contributed by atoms with van der Waals surface area (Å²) in [5, 5.41) is 10.4. The standard InChI is InChI=1S/C16H18O4S/c1-13-8-10-15(11-9-13)21(18,19)20-12-16(2,17)14-6-4-3-5-7-14/h3-11,17H,12H2,1-2H3/t16-/m0/s1. The Morgan fingerprint density at radius 2 is 1.62 bits per heavy atom. The Hall–Kier alpha value is -1.69. The highest BCUT2D eigenvalue weighted by atomic mass is 32.2. The summed E-state index contributed by atoms with van der Waals surface area (Å²) in [6.45, 7) is 3.05. The Kier molecular flexibility index (Phi) is 4.46. The molecule has 0 unspecified atom stereocenters. The summed E-state index contributed by atoms with van der Waals surface area (Å²) in [5.74, 6) is 0. The predicted octanol–water partition coefficient (Wildman–Crippen LogP) is 2.61. The SMILES string of the molecule is Cc1ccc(S(=O)(=O)OC[C@](C)(O)c2ccccc2)cc1. The molecule has 0 radical (unpaired) electrons. The molecule has 0 bridgehead atoms. The van der Waals surface area contributed by atoms with Gasteiger partial charge in [0.1, 0.15) is 5.60 Å². The van der Waals surface area contributed by atoms with Crippen LogP contribution in [0, 0.1) is 6.92 Å². The van der Waals surface area contributed by atoms with E-state index < -0.39 is 15.7 Å². The van der Waals surface area contributed by atoms with Gasteiger partial charge in [0, 0.05) is 0 Å². The first-order valence-electron chi connectivity index (χ1n) is 6.55. The van der Waals surface area contributed by atoms with Gasteiger partial charge in [0.05, 0.1) is 11.5 Å². The third-order valence-electron chi connectivity index (χ3n) is 3.20. The van der Waals surface area contributed by atoms with Gasteiger partial charge >= 0.3 is 0 Å². The van der Waals surface area contributed by atoms with E-state index in [1.165, 1.54) is 19.1 Å². The van der Waals surface area contributed by atoms with Crippen LogP contribution in [-0.2, 0) is 19.9 Å². The van der Waals surface area contributed by atoms with Gasteiger partial charge in [-0.2, -0.15) is 8.42 Å². The zero-order chi connectivity index (χ0) is 15.5. The first-order valence-corrected chi connectivity index (χ1v) is 7.96. The maximum Gasteiger partial charge on any atom is 0.297 e. The summed E-state index contributed by atoms with van der Waals surface area (Å²) < 4.78 is 29.2. The van der Waals surface area contributed by atoms with Crippen molar-refractivity contribution in [2.45, 2.75) is 24.3 Å². The largest absolute Gasteiger partial charge is 0.383 e. The Morgan fingerprint density at radius 1 is 1.05 bits per heavy atom. The molecule has 2 rings (SSSR count). The van der Waals surface area contributed by atoms with E-state index >= 15 is 0 Å². The Labute approximate surface area is 125 Å². The van der Waals surface area contributed by atoms with Crippen molar-refractivity contribution >= 4 is 10.1 Å². The zero-order valence-electron chi connectivity index (χ0n) is 12.0. The fourth-order valence-electron chi connectivity index (χ4n) is 1.85. The van der Waals surface area contributed by atoms with Crippen molar-refractivity contribution in [3.05, 3.63) is 65.7 Å². The van der Waals surface area contributed by atoms with Gasteiger partial charge in [-0.25, -0.2) is 0 Å². The summed E-state index contributed by atoms with van der Waals surface area (Å²) in [7, 11) is -3.88. The molecule has 0 aliphatic heterocycles. The van der Waals surface area contributed by atoms with E-state index in [0.29, 0.717) is 5.56 Å². The molecule has 0 saturated heterocycles. The summed E-state index contributed by atoms with van der Waals surface area (Å²) in [4.78, 5) is 0.0805. The number of hydrogen-bond acceptors (Lipinski definition) is 4. The Balaban J connectivity index is 2.13. The number of aryl methyl sites for hydroxylation is 1. The maximum absolute atomic E-state index is 12.1. The van der Waals surface area contributed by atoms with Crippen LogP contribution >= 0.6 is 0 Å². The van der Waals surface area contributed by atoms with Crippen LogP contribution in [0.2, 0.25) is 0 Å². The van der Waals surface area contributed by atoms with Gasteiger partial charge in [0.2, 0.25) is 0 Å². The van der Waals surface area contributed by atoms with E-state index in [4.69, 9.17) is 4.18 Å². The monoisotopic (exact) mass is 306 g/mol. The van der Waals surface area contributed by atoms with Crippen LogP contribution in [0.3, 0.4) is 0 Å². The molecule has 1 N–H and O–H groups in total. The molecule has 5 heteroatoms. The fraction of sp³-hybridized carbons (Fsp3) is 0.250. The van der Waals surface area contributed by atoms with Gasteiger partial charge in [-0.3, -0.25) is 4.18 Å². The summed E-state index contributed by atoms with van der Waals surface area (Å²) in [6.07, 6.45) is 0. The van der Waals surface area contributed by atoms with Crippen molar-refractivity contribution in [2.75, 3.05) is 6.61 Å². The van der Waals surface area contributed by atoms with Crippen LogP contribution < -0.4 is 0 Å². The molecule has 0 saturated carbocycles. The second kappa shape index (κ2) is 5.97. The summed E-state index contributed by atoms with van der Waals surface area (Å²) in [5.41, 5.74) is 0.188. The minimum atomic E-state index is -3.88. The Morgan fingerprint density at radius 3 is 2.19 bits per heavy atom. The van der Waals surface area contributed by atoms with Crippen molar-refractivity contribution < 1.29 is 17.7 Å². The second-order valence-electron chi connectivity index (χ2n) is 5.17. The topological polar surface area (TPSA) is 63.6 Å². The number of hydrogen-bond donors (Lipinski definition) is 1. The van der Waals surface area contributed by atoms with Crippen LogP contribution in [0.1, 0.15) is 18.1 Å². The van der Waals surface area contributed by atoms with E-state index in [2.05, 4.69) is 0 Å². The van der Waals surface area contributed by atoms with Gasteiger partial charge in [-0.05, 0) is 31.5 Å². The summed E-state index contributed by atoms with van der Waals surface area (Å²) >= 11 is 0. The molecule has 112 valence electrons. The molecular weight excluding hydrogens is 288 g/mol. The summed E-state index contributed by atoms with van der Waals surface area (Å²) in [6, 6.07) is 15.2. The van der Waals surface area contributed by atoms with Crippen molar-refractivity contribution in [2.24, 2.45) is 0 Å². The van der Waals surface area contributed by atoms with Crippen LogP contribution in [-0.4, -0.2) is 20.1 Å². The average molecular weight is 306 g/mol. The lowest BCUT2D eigenvalue weighted by molar-refractivity contribution is 0.00974. The highest BCUT2D eigenvalue weighted by Gasteiger charge is 2.27. The van der Waals surface area contributed by atoms with Crippen LogP contribution in [0.5, 0.6) is 0 Å². The second-order valence-corrected chi connectivity index (χ2v) is 6.78. The van der Waals surface area contributed by atoms with Gasteiger partial charge in [0.25, 0.3) is 10.1 Å². The van der Waals surface area contributed by atoms with Crippen molar-refractivity contribution in [1.82, 2.24) is 0 Å². The third kappa shape index (κ3) is 3.91. The predicted molar refractivity (Wildman–Crippen MR) is 80.3 cm³/mol. The van der Waals surface area contributed by atoms with Crippen LogP contribution in [0.25, 0.3) is 0 Å². The van der Waals surface area contributed by atoms with Crippen molar-refractivity contribution in [3.63, 3.8) is 0 Å². The molecule has 2 aromatic rings. The lowest BCUT2D eigenvalue weighted by Gasteiger charge is -2.23. The highest BCUT2D eigenvalue weighted by Crippen LogP contribution is 2.23. The quantitative estimate of drug-likeness (QED) is 0.863. The number of benzene rings is 2. The van der Waals surface area contributed by atoms with Gasteiger partial charge in [-0.1, -0.05) is 48.0 Å². The van der Waals surface area contributed by atoms with Crippen molar-refractivity contribution in [1.29, 1.82) is 0 Å². The third-order valence-corrected chi connectivity index (χ3v) is 4.48. The van der Waals surface area contributed by atoms with E-state index in [-0.39, 0.29) is 11.5 Å². The average Bonchev–Trinajstić information content (AvgIpc) is 2.47. The minimum absolute atomic E-state index is 0.0805. The zero-order valence-corrected chi connectivity index (χ0v) is 12.8. The molecule has 0 aliphatic rings. The molecule has 1 atom stereocenters. The van der Waals surface area contributed by atoms with E-state index in [1.807, 2.05) is 13.0 Å². The molecular formula is C16H18O4S. The molecule has 21 heavy (non-hydrogen) atoms. The van der Waals surface area contributed by atoms with Gasteiger partial charge < -0.3 is 5.11 Å². The van der Waals surface area contributed by atoms with E-state index in [0.717, 1.165) is 5.56 Å². The maximum atomic E-state index is 12.1. The molecule has 0 amide bonds. The molecule has 0 aromatic heterocycles. The first-order chi connectivity index (χ1) is 9.81. The lowest BCUT2D eigenvalue weighted by atomic mass is 9.97. The first kappa shape index (κ1) is 15.7. The van der Waals surface area contributed by atoms with Crippen molar-refractivity contribution in [3.8, 4) is 0 Å². The van der Waals surface area contributed by atoms with Crippen LogP contribution in [0.4, 0.5) is 0 Å². The smallest absolute Gasteiger partial charge is 0.297 e.